The van der Waals surface area contributed by atoms with Gasteiger partial charge in [0, 0.05) is 17.8 Å². The zero-order valence-electron chi connectivity index (χ0n) is 15.8. The van der Waals surface area contributed by atoms with E-state index in [0.717, 1.165) is 17.7 Å². The molecule has 0 aliphatic rings. The summed E-state index contributed by atoms with van der Waals surface area (Å²) < 4.78 is 21.7. The van der Waals surface area contributed by atoms with Crippen LogP contribution in [0.2, 0.25) is 0 Å². The van der Waals surface area contributed by atoms with Gasteiger partial charge in [0.05, 0.1) is 24.1 Å². The van der Waals surface area contributed by atoms with Gasteiger partial charge < -0.3 is 14.6 Å². The lowest BCUT2D eigenvalue weighted by Crippen LogP contribution is -2.24. The van der Waals surface area contributed by atoms with E-state index in [0.29, 0.717) is 29.2 Å². The lowest BCUT2D eigenvalue weighted by molar-refractivity contribution is 0.0953. The summed E-state index contributed by atoms with van der Waals surface area (Å²) in [5.74, 6) is 0.192. The number of amides is 1. The van der Waals surface area contributed by atoms with Gasteiger partial charge in [0.2, 0.25) is 0 Å². The predicted molar refractivity (Wildman–Crippen MR) is 105 cm³/mol. The van der Waals surface area contributed by atoms with Crippen LogP contribution < -0.4 is 10.1 Å². The molecule has 1 N–H and O–H groups in total. The number of methoxy groups -OCH3 is 1. The number of rotatable bonds is 6. The topological polar surface area (TPSA) is 43.3 Å². The maximum absolute atomic E-state index is 14.6. The Balaban J connectivity index is 2.21. The molecule has 1 aromatic heterocycles. The summed E-state index contributed by atoms with van der Waals surface area (Å²) in [5, 5.41) is 2.90. The number of nitrogens with zero attached hydrogens (tertiary/aromatic N) is 1. The van der Waals surface area contributed by atoms with Crippen molar-refractivity contribution in [3.63, 3.8) is 0 Å². The van der Waals surface area contributed by atoms with E-state index in [1.807, 2.05) is 44.2 Å². The van der Waals surface area contributed by atoms with E-state index in [1.54, 1.807) is 29.9 Å². The summed E-state index contributed by atoms with van der Waals surface area (Å²) in [6.45, 7) is 4.42. The van der Waals surface area contributed by atoms with Crippen molar-refractivity contribution in [1.29, 1.82) is 0 Å². The molecule has 0 bridgehead atoms. The fourth-order valence-corrected chi connectivity index (χ4v) is 3.11. The van der Waals surface area contributed by atoms with Gasteiger partial charge in [0.1, 0.15) is 11.6 Å². The van der Waals surface area contributed by atoms with Gasteiger partial charge in [-0.3, -0.25) is 4.79 Å². The largest absolute Gasteiger partial charge is 0.497 e. The molecule has 0 aliphatic heterocycles. The number of aromatic nitrogens is 1. The van der Waals surface area contributed by atoms with E-state index in [2.05, 4.69) is 5.32 Å². The van der Waals surface area contributed by atoms with Gasteiger partial charge in [0.25, 0.3) is 5.91 Å². The quantitative estimate of drug-likeness (QED) is 0.685. The minimum absolute atomic E-state index is 0.159. The molecule has 2 aromatic carbocycles. The Morgan fingerprint density at radius 2 is 1.93 bits per heavy atom. The number of nitrogens with one attached hydrogen (secondary N) is 1. The van der Waals surface area contributed by atoms with Crippen molar-refractivity contribution in [1.82, 2.24) is 9.88 Å². The van der Waals surface area contributed by atoms with E-state index in [4.69, 9.17) is 4.74 Å². The molecule has 140 valence electrons. The second kappa shape index (κ2) is 8.08. The molecular formula is C22H23FN2O2. The first kappa shape index (κ1) is 18.7. The van der Waals surface area contributed by atoms with Crippen LogP contribution in [0.3, 0.4) is 0 Å². The Morgan fingerprint density at radius 3 is 2.63 bits per heavy atom. The predicted octanol–water partition coefficient (Wildman–Crippen LogP) is 4.74. The van der Waals surface area contributed by atoms with Crippen LogP contribution in [0.4, 0.5) is 4.39 Å². The number of ether oxygens (including phenoxy) is 1. The Hall–Kier alpha value is -3.08. The highest BCUT2D eigenvalue weighted by Gasteiger charge is 2.21. The van der Waals surface area contributed by atoms with Crippen LogP contribution in [0.25, 0.3) is 16.9 Å². The molecular weight excluding hydrogens is 343 g/mol. The molecule has 0 radical (unpaired) electrons. The molecule has 4 nitrogen and oxygen atoms in total. The van der Waals surface area contributed by atoms with Gasteiger partial charge in [-0.2, -0.15) is 0 Å². The highest BCUT2D eigenvalue weighted by atomic mass is 19.1. The van der Waals surface area contributed by atoms with Crippen LogP contribution in [-0.2, 0) is 0 Å². The molecule has 0 spiro atoms. The minimum atomic E-state index is -0.346. The van der Waals surface area contributed by atoms with E-state index >= 15 is 0 Å². The summed E-state index contributed by atoms with van der Waals surface area (Å²) in [5.41, 5.74) is 3.20. The first-order chi connectivity index (χ1) is 13.1. The number of carbonyl (C=O) groups is 1. The molecule has 27 heavy (non-hydrogen) atoms. The SMILES string of the molecule is CCCNC(=O)c1cc(-c2cccc(OC)c2)n(-c2ccccc2F)c1C. The summed E-state index contributed by atoms with van der Waals surface area (Å²) >= 11 is 0. The van der Waals surface area contributed by atoms with Crippen molar-refractivity contribution in [2.24, 2.45) is 0 Å². The van der Waals surface area contributed by atoms with Crippen molar-refractivity contribution in [2.75, 3.05) is 13.7 Å². The summed E-state index contributed by atoms with van der Waals surface area (Å²) in [4.78, 5) is 12.6. The van der Waals surface area contributed by atoms with Gasteiger partial charge in [-0.1, -0.05) is 31.2 Å². The zero-order chi connectivity index (χ0) is 19.4. The van der Waals surface area contributed by atoms with Crippen LogP contribution in [0.5, 0.6) is 5.75 Å². The van der Waals surface area contributed by atoms with Gasteiger partial charge in [-0.25, -0.2) is 4.39 Å². The number of hydrogen-bond acceptors (Lipinski definition) is 2. The second-order valence-electron chi connectivity index (χ2n) is 6.30. The highest BCUT2D eigenvalue weighted by Crippen LogP contribution is 2.32. The Kier molecular flexibility index (Phi) is 5.60. The second-order valence-corrected chi connectivity index (χ2v) is 6.30. The number of para-hydroxylation sites is 1. The third-order valence-corrected chi connectivity index (χ3v) is 4.49. The van der Waals surface area contributed by atoms with Crippen molar-refractivity contribution in [3.05, 3.63) is 71.7 Å². The molecule has 0 saturated carbocycles. The average molecular weight is 366 g/mol. The van der Waals surface area contributed by atoms with Gasteiger partial charge in [-0.15, -0.1) is 0 Å². The fraction of sp³-hybridized carbons (Fsp3) is 0.227. The van der Waals surface area contributed by atoms with Gasteiger partial charge in [0.15, 0.2) is 0 Å². The highest BCUT2D eigenvalue weighted by molar-refractivity contribution is 5.97. The smallest absolute Gasteiger partial charge is 0.253 e. The third kappa shape index (κ3) is 3.72. The van der Waals surface area contributed by atoms with E-state index < -0.39 is 0 Å². The maximum Gasteiger partial charge on any atom is 0.253 e. The van der Waals surface area contributed by atoms with E-state index in [-0.39, 0.29) is 11.7 Å². The van der Waals surface area contributed by atoms with Crippen LogP contribution in [0.1, 0.15) is 29.4 Å². The first-order valence-electron chi connectivity index (χ1n) is 8.96. The number of halogens is 1. The molecule has 3 aromatic rings. The molecule has 0 saturated heterocycles. The molecule has 1 heterocycles. The van der Waals surface area contributed by atoms with Gasteiger partial charge in [-0.05, 0) is 43.7 Å². The third-order valence-electron chi connectivity index (χ3n) is 4.49. The van der Waals surface area contributed by atoms with E-state index in [1.165, 1.54) is 6.07 Å². The molecule has 0 aliphatic carbocycles. The summed E-state index contributed by atoms with van der Waals surface area (Å²) in [6, 6.07) is 15.9. The van der Waals surface area contributed by atoms with Crippen molar-refractivity contribution in [2.45, 2.75) is 20.3 Å². The maximum atomic E-state index is 14.6. The molecule has 1 amide bonds. The van der Waals surface area contributed by atoms with Crippen LogP contribution in [0, 0.1) is 12.7 Å². The summed E-state index contributed by atoms with van der Waals surface area (Å²) in [6.07, 6.45) is 0.849. The summed E-state index contributed by atoms with van der Waals surface area (Å²) in [7, 11) is 1.60. The molecule has 0 fully saturated rings. The Bertz CT molecular complexity index is 963. The van der Waals surface area contributed by atoms with Gasteiger partial charge >= 0.3 is 0 Å². The fourth-order valence-electron chi connectivity index (χ4n) is 3.11. The zero-order valence-corrected chi connectivity index (χ0v) is 15.8. The number of hydrogen-bond donors (Lipinski definition) is 1. The van der Waals surface area contributed by atoms with Crippen LogP contribution in [0.15, 0.2) is 54.6 Å². The monoisotopic (exact) mass is 366 g/mol. The van der Waals surface area contributed by atoms with Crippen LogP contribution >= 0.6 is 0 Å². The Morgan fingerprint density at radius 1 is 1.15 bits per heavy atom. The minimum Gasteiger partial charge on any atom is -0.497 e. The molecule has 0 unspecified atom stereocenters. The van der Waals surface area contributed by atoms with Crippen molar-refractivity contribution in [3.8, 4) is 22.7 Å². The van der Waals surface area contributed by atoms with Crippen LogP contribution in [-0.4, -0.2) is 24.1 Å². The molecule has 5 heteroatoms. The lowest BCUT2D eigenvalue weighted by atomic mass is 10.1. The molecule has 3 rings (SSSR count). The first-order valence-corrected chi connectivity index (χ1v) is 8.96. The van der Waals surface area contributed by atoms with Crippen molar-refractivity contribution < 1.29 is 13.9 Å². The van der Waals surface area contributed by atoms with Crippen molar-refractivity contribution >= 4 is 5.91 Å². The molecule has 0 atom stereocenters. The number of carbonyl (C=O) groups excluding carboxylic acids is 1. The standard InChI is InChI=1S/C22H23FN2O2/c1-4-12-24-22(26)18-14-21(16-8-7-9-17(13-16)27-3)25(15(18)2)20-11-6-5-10-19(20)23/h5-11,13-14H,4,12H2,1-3H3,(H,24,26). The van der Waals surface area contributed by atoms with E-state index in [9.17, 15) is 9.18 Å². The normalized spacial score (nSPS) is 10.7. The average Bonchev–Trinajstić information content (AvgIpc) is 3.03. The number of benzene rings is 2. The Labute approximate surface area is 158 Å². The lowest BCUT2D eigenvalue weighted by Gasteiger charge is -2.14.